The fourth-order valence-corrected chi connectivity index (χ4v) is 1.76. The van der Waals surface area contributed by atoms with E-state index in [1.54, 1.807) is 18.2 Å². The van der Waals surface area contributed by atoms with E-state index >= 15 is 0 Å². The number of nitrogen functional groups attached to an aromatic ring is 1. The average molecular weight is 277 g/mol. The van der Waals surface area contributed by atoms with E-state index < -0.39 is 6.43 Å². The van der Waals surface area contributed by atoms with Crippen LogP contribution in [0.15, 0.2) is 30.3 Å². The zero-order chi connectivity index (χ0) is 14.9. The molecule has 0 aliphatic rings. The largest absolute Gasteiger partial charge is 0.384 e. The lowest BCUT2D eigenvalue weighted by molar-refractivity contribution is 0.151. The van der Waals surface area contributed by atoms with E-state index in [9.17, 15) is 8.78 Å². The lowest BCUT2D eigenvalue weighted by atomic mass is 9.92. The summed E-state index contributed by atoms with van der Waals surface area (Å²) in [6.07, 6.45) is -2.48. The average Bonchev–Trinajstić information content (AvgIpc) is 2.37. The molecule has 2 rings (SSSR count). The molecule has 0 unspecified atom stereocenters. The Kier molecular flexibility index (Phi) is 3.70. The normalized spacial score (nSPS) is 11.9. The van der Waals surface area contributed by atoms with Crippen LogP contribution in [0.25, 0.3) is 11.4 Å². The standard InChI is InChI=1S/C15H17F2N3/c1-15(2,3)11-8-12(18)20-14(19-11)10-6-4-9(5-7-10)13(16)17/h4-8,13H,1-3H3,(H2,18,19,20). The third-order valence-electron chi connectivity index (χ3n) is 2.94. The highest BCUT2D eigenvalue weighted by molar-refractivity contribution is 5.57. The van der Waals surface area contributed by atoms with Crippen LogP contribution in [0.2, 0.25) is 0 Å². The SMILES string of the molecule is CC(C)(C)c1cc(N)nc(-c2ccc(C(F)F)cc2)n1. The van der Waals surface area contributed by atoms with Crippen LogP contribution in [0.4, 0.5) is 14.6 Å². The van der Waals surface area contributed by atoms with Gasteiger partial charge in [-0.2, -0.15) is 0 Å². The molecule has 1 aromatic carbocycles. The van der Waals surface area contributed by atoms with Crippen LogP contribution >= 0.6 is 0 Å². The maximum atomic E-state index is 12.5. The van der Waals surface area contributed by atoms with Crippen LogP contribution in [-0.2, 0) is 5.41 Å². The van der Waals surface area contributed by atoms with Crippen LogP contribution in [-0.4, -0.2) is 9.97 Å². The van der Waals surface area contributed by atoms with Gasteiger partial charge in [0.05, 0.1) is 5.69 Å². The maximum absolute atomic E-state index is 12.5. The molecule has 1 aromatic heterocycles. The van der Waals surface area contributed by atoms with Crippen molar-refractivity contribution in [3.8, 4) is 11.4 Å². The highest BCUT2D eigenvalue weighted by atomic mass is 19.3. The summed E-state index contributed by atoms with van der Waals surface area (Å²) >= 11 is 0. The molecule has 0 aliphatic heterocycles. The van der Waals surface area contributed by atoms with E-state index in [0.29, 0.717) is 17.2 Å². The van der Waals surface area contributed by atoms with Gasteiger partial charge in [0.25, 0.3) is 6.43 Å². The number of hydrogen-bond acceptors (Lipinski definition) is 3. The fraction of sp³-hybridized carbons (Fsp3) is 0.333. The first-order valence-electron chi connectivity index (χ1n) is 6.31. The van der Waals surface area contributed by atoms with Crippen LogP contribution in [0.3, 0.4) is 0 Å². The van der Waals surface area contributed by atoms with E-state index in [-0.39, 0.29) is 11.0 Å². The van der Waals surface area contributed by atoms with Crippen molar-refractivity contribution in [3.05, 3.63) is 41.6 Å². The topological polar surface area (TPSA) is 51.8 Å². The lowest BCUT2D eigenvalue weighted by Gasteiger charge is -2.18. The Hall–Kier alpha value is -2.04. The number of hydrogen-bond donors (Lipinski definition) is 1. The second-order valence-corrected chi connectivity index (χ2v) is 5.67. The molecular weight excluding hydrogens is 260 g/mol. The molecule has 5 heteroatoms. The van der Waals surface area contributed by atoms with Gasteiger partial charge in [-0.05, 0) is 0 Å². The van der Waals surface area contributed by atoms with Gasteiger partial charge in [0.15, 0.2) is 5.82 Å². The fourth-order valence-electron chi connectivity index (χ4n) is 1.76. The summed E-state index contributed by atoms with van der Waals surface area (Å²) in [4.78, 5) is 8.64. The minimum absolute atomic E-state index is 0.0197. The smallest absolute Gasteiger partial charge is 0.263 e. The number of anilines is 1. The molecular formula is C15H17F2N3. The molecule has 0 saturated heterocycles. The highest BCUT2D eigenvalue weighted by Crippen LogP contribution is 2.26. The Balaban J connectivity index is 2.44. The van der Waals surface area contributed by atoms with Gasteiger partial charge >= 0.3 is 0 Å². The molecule has 0 atom stereocenters. The van der Waals surface area contributed by atoms with Gasteiger partial charge in [-0.15, -0.1) is 0 Å². The molecule has 3 nitrogen and oxygen atoms in total. The minimum atomic E-state index is -2.48. The van der Waals surface area contributed by atoms with Crippen molar-refractivity contribution in [2.75, 3.05) is 5.73 Å². The summed E-state index contributed by atoms with van der Waals surface area (Å²) in [6, 6.07) is 7.66. The van der Waals surface area contributed by atoms with E-state index in [4.69, 9.17) is 5.73 Å². The number of benzene rings is 1. The van der Waals surface area contributed by atoms with Gasteiger partial charge in [-0.3, -0.25) is 0 Å². The Bertz CT molecular complexity index is 602. The van der Waals surface area contributed by atoms with E-state index in [1.807, 2.05) is 20.8 Å². The highest BCUT2D eigenvalue weighted by Gasteiger charge is 2.18. The van der Waals surface area contributed by atoms with Crippen molar-refractivity contribution in [2.24, 2.45) is 0 Å². The molecule has 0 saturated carbocycles. The van der Waals surface area contributed by atoms with Crippen molar-refractivity contribution in [2.45, 2.75) is 32.6 Å². The lowest BCUT2D eigenvalue weighted by Crippen LogP contribution is -2.15. The summed E-state index contributed by atoms with van der Waals surface area (Å²) < 4.78 is 25.1. The molecule has 0 aliphatic carbocycles. The molecule has 0 spiro atoms. The van der Waals surface area contributed by atoms with Gasteiger partial charge in [0.2, 0.25) is 0 Å². The zero-order valence-corrected chi connectivity index (χ0v) is 11.7. The van der Waals surface area contributed by atoms with Gasteiger partial charge < -0.3 is 5.73 Å². The van der Waals surface area contributed by atoms with Gasteiger partial charge in [-0.25, -0.2) is 18.7 Å². The molecule has 2 N–H and O–H groups in total. The first-order valence-corrected chi connectivity index (χ1v) is 6.31. The van der Waals surface area contributed by atoms with Crippen LogP contribution in [0.1, 0.15) is 38.5 Å². The summed E-state index contributed by atoms with van der Waals surface area (Å²) in [7, 11) is 0. The molecule has 106 valence electrons. The van der Waals surface area contributed by atoms with Crippen molar-refractivity contribution >= 4 is 5.82 Å². The van der Waals surface area contributed by atoms with E-state index in [0.717, 1.165) is 5.69 Å². The molecule has 0 fully saturated rings. The summed E-state index contributed by atoms with van der Waals surface area (Å²) in [5.41, 5.74) is 7.11. The third-order valence-corrected chi connectivity index (χ3v) is 2.94. The predicted molar refractivity (Wildman–Crippen MR) is 75.5 cm³/mol. The van der Waals surface area contributed by atoms with Gasteiger partial charge in [-0.1, -0.05) is 45.0 Å². The summed E-state index contributed by atoms with van der Waals surface area (Å²) in [5, 5.41) is 0. The van der Waals surface area contributed by atoms with Crippen molar-refractivity contribution in [1.82, 2.24) is 9.97 Å². The molecule has 0 amide bonds. The molecule has 20 heavy (non-hydrogen) atoms. The number of nitrogens with zero attached hydrogens (tertiary/aromatic N) is 2. The Labute approximate surface area is 116 Å². The molecule has 0 radical (unpaired) electrons. The number of nitrogens with two attached hydrogens (primary N) is 1. The maximum Gasteiger partial charge on any atom is 0.263 e. The van der Waals surface area contributed by atoms with Gasteiger partial charge in [0.1, 0.15) is 5.82 Å². The molecule has 1 heterocycles. The number of aromatic nitrogens is 2. The Morgan fingerprint density at radius 2 is 1.65 bits per heavy atom. The first kappa shape index (κ1) is 14.4. The Morgan fingerprint density at radius 3 is 2.15 bits per heavy atom. The zero-order valence-electron chi connectivity index (χ0n) is 11.7. The van der Waals surface area contributed by atoms with E-state index in [1.165, 1.54) is 12.1 Å². The number of halogens is 2. The Morgan fingerprint density at radius 1 is 1.05 bits per heavy atom. The summed E-state index contributed by atoms with van der Waals surface area (Å²) in [5.74, 6) is 0.827. The van der Waals surface area contributed by atoms with Crippen LogP contribution < -0.4 is 5.73 Å². The number of rotatable bonds is 2. The molecule has 0 bridgehead atoms. The van der Waals surface area contributed by atoms with Gasteiger partial charge in [0, 0.05) is 22.6 Å². The van der Waals surface area contributed by atoms with E-state index in [2.05, 4.69) is 9.97 Å². The predicted octanol–water partition coefficient (Wildman–Crippen LogP) is 3.96. The third kappa shape index (κ3) is 3.10. The van der Waals surface area contributed by atoms with Crippen molar-refractivity contribution in [1.29, 1.82) is 0 Å². The van der Waals surface area contributed by atoms with Crippen molar-refractivity contribution in [3.63, 3.8) is 0 Å². The quantitative estimate of drug-likeness (QED) is 0.904. The monoisotopic (exact) mass is 277 g/mol. The first-order chi connectivity index (χ1) is 9.27. The minimum Gasteiger partial charge on any atom is -0.384 e. The summed E-state index contributed by atoms with van der Waals surface area (Å²) in [6.45, 7) is 6.08. The number of alkyl halides is 2. The second-order valence-electron chi connectivity index (χ2n) is 5.67. The van der Waals surface area contributed by atoms with Crippen molar-refractivity contribution < 1.29 is 8.78 Å². The second kappa shape index (κ2) is 5.15. The van der Waals surface area contributed by atoms with Crippen LogP contribution in [0.5, 0.6) is 0 Å². The van der Waals surface area contributed by atoms with Crippen LogP contribution in [0, 0.1) is 0 Å². The molecule has 2 aromatic rings.